The zero-order valence-electron chi connectivity index (χ0n) is 9.74. The molecule has 3 heteroatoms. The second kappa shape index (κ2) is 7.91. The van der Waals surface area contributed by atoms with E-state index in [2.05, 4.69) is 11.9 Å². The van der Waals surface area contributed by atoms with Crippen LogP contribution in [0.3, 0.4) is 0 Å². The van der Waals surface area contributed by atoms with Gasteiger partial charge in [0.05, 0.1) is 19.5 Å². The SMILES string of the molecule is C=C(C)COCCNC/C=C/c1ccco1. The van der Waals surface area contributed by atoms with Crippen molar-refractivity contribution in [3.63, 3.8) is 0 Å². The minimum atomic E-state index is 0.643. The van der Waals surface area contributed by atoms with Crippen LogP contribution in [-0.2, 0) is 4.74 Å². The van der Waals surface area contributed by atoms with Crippen molar-refractivity contribution in [3.8, 4) is 0 Å². The summed E-state index contributed by atoms with van der Waals surface area (Å²) in [5.74, 6) is 0.875. The van der Waals surface area contributed by atoms with Gasteiger partial charge in [0.1, 0.15) is 5.76 Å². The van der Waals surface area contributed by atoms with Crippen molar-refractivity contribution >= 4 is 6.08 Å². The maximum absolute atomic E-state index is 5.34. The minimum Gasteiger partial charge on any atom is -0.465 e. The van der Waals surface area contributed by atoms with E-state index in [9.17, 15) is 0 Å². The van der Waals surface area contributed by atoms with Crippen LogP contribution in [0.4, 0.5) is 0 Å². The topological polar surface area (TPSA) is 34.4 Å². The maximum atomic E-state index is 5.34. The number of nitrogens with one attached hydrogen (secondary N) is 1. The first kappa shape index (κ1) is 12.7. The number of hydrogen-bond acceptors (Lipinski definition) is 3. The second-order valence-electron chi connectivity index (χ2n) is 3.63. The summed E-state index contributed by atoms with van der Waals surface area (Å²) >= 11 is 0. The van der Waals surface area contributed by atoms with E-state index in [1.54, 1.807) is 6.26 Å². The molecule has 0 spiro atoms. The fraction of sp³-hybridized carbons (Fsp3) is 0.385. The lowest BCUT2D eigenvalue weighted by atomic mass is 10.4. The van der Waals surface area contributed by atoms with E-state index in [-0.39, 0.29) is 0 Å². The molecule has 0 radical (unpaired) electrons. The fourth-order valence-electron chi connectivity index (χ4n) is 1.14. The monoisotopic (exact) mass is 221 g/mol. The van der Waals surface area contributed by atoms with E-state index < -0.39 is 0 Å². The first-order chi connectivity index (χ1) is 7.79. The summed E-state index contributed by atoms with van der Waals surface area (Å²) in [6, 6.07) is 3.80. The summed E-state index contributed by atoms with van der Waals surface area (Å²) in [4.78, 5) is 0. The third-order valence-corrected chi connectivity index (χ3v) is 1.86. The van der Waals surface area contributed by atoms with Gasteiger partial charge in [-0.05, 0) is 25.1 Å². The number of hydrogen-bond donors (Lipinski definition) is 1. The van der Waals surface area contributed by atoms with Crippen LogP contribution in [-0.4, -0.2) is 26.3 Å². The third-order valence-electron chi connectivity index (χ3n) is 1.86. The molecule has 1 rings (SSSR count). The normalized spacial score (nSPS) is 11.1. The number of furan rings is 1. The Morgan fingerprint density at radius 1 is 1.62 bits per heavy atom. The highest BCUT2D eigenvalue weighted by Crippen LogP contribution is 2.01. The van der Waals surface area contributed by atoms with Crippen molar-refractivity contribution in [2.45, 2.75) is 6.92 Å². The van der Waals surface area contributed by atoms with E-state index in [4.69, 9.17) is 9.15 Å². The van der Waals surface area contributed by atoms with E-state index in [0.717, 1.165) is 24.4 Å². The molecule has 0 aliphatic rings. The molecule has 0 amide bonds. The van der Waals surface area contributed by atoms with Crippen LogP contribution in [0.15, 0.2) is 41.0 Å². The zero-order valence-corrected chi connectivity index (χ0v) is 9.74. The van der Waals surface area contributed by atoms with Crippen molar-refractivity contribution in [2.75, 3.05) is 26.3 Å². The molecule has 1 heterocycles. The van der Waals surface area contributed by atoms with Gasteiger partial charge in [-0.3, -0.25) is 0 Å². The molecular weight excluding hydrogens is 202 g/mol. The van der Waals surface area contributed by atoms with Crippen LogP contribution in [0.5, 0.6) is 0 Å². The van der Waals surface area contributed by atoms with E-state index in [0.29, 0.717) is 13.2 Å². The van der Waals surface area contributed by atoms with Gasteiger partial charge < -0.3 is 14.5 Å². The molecule has 0 aliphatic heterocycles. The van der Waals surface area contributed by atoms with Crippen molar-refractivity contribution in [3.05, 3.63) is 42.4 Å². The zero-order chi connectivity index (χ0) is 11.6. The number of ether oxygens (including phenoxy) is 1. The molecular formula is C13H19NO2. The van der Waals surface area contributed by atoms with Crippen molar-refractivity contribution in [1.29, 1.82) is 0 Å². The minimum absolute atomic E-state index is 0.643. The van der Waals surface area contributed by atoms with E-state index in [1.165, 1.54) is 0 Å². The molecule has 1 aromatic rings. The second-order valence-corrected chi connectivity index (χ2v) is 3.63. The average molecular weight is 221 g/mol. The third kappa shape index (κ3) is 6.22. The predicted molar refractivity (Wildman–Crippen MR) is 66.2 cm³/mol. The van der Waals surface area contributed by atoms with Crippen LogP contribution in [0.2, 0.25) is 0 Å². The maximum Gasteiger partial charge on any atom is 0.126 e. The van der Waals surface area contributed by atoms with Crippen LogP contribution in [0.25, 0.3) is 6.08 Å². The molecule has 0 unspecified atom stereocenters. The van der Waals surface area contributed by atoms with Crippen LogP contribution in [0, 0.1) is 0 Å². The molecule has 1 N–H and O–H groups in total. The van der Waals surface area contributed by atoms with Crippen LogP contribution < -0.4 is 5.32 Å². The Morgan fingerprint density at radius 2 is 2.50 bits per heavy atom. The molecule has 0 saturated carbocycles. The smallest absolute Gasteiger partial charge is 0.126 e. The van der Waals surface area contributed by atoms with Gasteiger partial charge >= 0.3 is 0 Å². The Bertz CT molecular complexity index is 315. The average Bonchev–Trinajstić information content (AvgIpc) is 2.74. The van der Waals surface area contributed by atoms with Gasteiger partial charge in [0.2, 0.25) is 0 Å². The molecule has 16 heavy (non-hydrogen) atoms. The van der Waals surface area contributed by atoms with Crippen molar-refractivity contribution in [2.24, 2.45) is 0 Å². The summed E-state index contributed by atoms with van der Waals surface area (Å²) in [7, 11) is 0. The van der Waals surface area contributed by atoms with Gasteiger partial charge in [0.15, 0.2) is 0 Å². The molecule has 0 fully saturated rings. The van der Waals surface area contributed by atoms with Gasteiger partial charge in [-0.1, -0.05) is 18.2 Å². The Morgan fingerprint density at radius 3 is 3.19 bits per heavy atom. The summed E-state index contributed by atoms with van der Waals surface area (Å²) in [5, 5.41) is 3.24. The Hall–Kier alpha value is -1.32. The summed E-state index contributed by atoms with van der Waals surface area (Å²) in [5.41, 5.74) is 1.05. The molecule has 1 aromatic heterocycles. The summed E-state index contributed by atoms with van der Waals surface area (Å²) in [6.45, 7) is 8.73. The first-order valence-corrected chi connectivity index (χ1v) is 5.42. The molecule has 0 saturated heterocycles. The lowest BCUT2D eigenvalue weighted by Crippen LogP contribution is -2.19. The molecule has 3 nitrogen and oxygen atoms in total. The quantitative estimate of drug-likeness (QED) is 0.541. The molecule has 0 bridgehead atoms. The highest BCUT2D eigenvalue weighted by atomic mass is 16.5. The Kier molecular flexibility index (Phi) is 6.30. The molecule has 0 aliphatic carbocycles. The van der Waals surface area contributed by atoms with Crippen LogP contribution in [0.1, 0.15) is 12.7 Å². The Balaban J connectivity index is 1.94. The highest BCUT2D eigenvalue weighted by molar-refractivity contribution is 5.42. The standard InChI is InChI=1S/C13H19NO2/c1-12(2)11-15-10-8-14-7-3-5-13-6-4-9-16-13/h3-6,9,14H,1,7-8,10-11H2,2H3/b5-3+. The van der Waals surface area contributed by atoms with E-state index in [1.807, 2.05) is 31.2 Å². The van der Waals surface area contributed by atoms with Gasteiger partial charge in [-0.2, -0.15) is 0 Å². The van der Waals surface area contributed by atoms with Crippen LogP contribution >= 0.6 is 0 Å². The Labute approximate surface area is 96.8 Å². The molecule has 0 aromatic carbocycles. The number of rotatable bonds is 8. The summed E-state index contributed by atoms with van der Waals surface area (Å²) in [6.07, 6.45) is 5.64. The van der Waals surface area contributed by atoms with Gasteiger partial charge in [0.25, 0.3) is 0 Å². The fourth-order valence-corrected chi connectivity index (χ4v) is 1.14. The van der Waals surface area contributed by atoms with Gasteiger partial charge in [-0.15, -0.1) is 0 Å². The van der Waals surface area contributed by atoms with Crippen molar-refractivity contribution < 1.29 is 9.15 Å². The lowest BCUT2D eigenvalue weighted by Gasteiger charge is -2.03. The summed E-state index contributed by atoms with van der Waals surface area (Å²) < 4.78 is 10.5. The molecule has 88 valence electrons. The first-order valence-electron chi connectivity index (χ1n) is 5.42. The predicted octanol–water partition coefficient (Wildman–Crippen LogP) is 2.48. The van der Waals surface area contributed by atoms with E-state index >= 15 is 0 Å². The van der Waals surface area contributed by atoms with Gasteiger partial charge in [-0.25, -0.2) is 0 Å². The van der Waals surface area contributed by atoms with Crippen molar-refractivity contribution in [1.82, 2.24) is 5.32 Å². The van der Waals surface area contributed by atoms with Gasteiger partial charge in [0, 0.05) is 13.1 Å². The lowest BCUT2D eigenvalue weighted by molar-refractivity contribution is 0.159. The molecule has 0 atom stereocenters. The largest absolute Gasteiger partial charge is 0.465 e. The highest BCUT2D eigenvalue weighted by Gasteiger charge is 1.89.